The molecule has 3 atom stereocenters. The van der Waals surface area contributed by atoms with Crippen LogP contribution in [0.4, 0.5) is 0 Å². The fourth-order valence-corrected chi connectivity index (χ4v) is 3.10. The van der Waals surface area contributed by atoms with Gasteiger partial charge in [-0.25, -0.2) is 0 Å². The van der Waals surface area contributed by atoms with Gasteiger partial charge in [-0.05, 0) is 31.1 Å². The lowest BCUT2D eigenvalue weighted by atomic mass is 10.0. The van der Waals surface area contributed by atoms with Crippen LogP contribution in [0.2, 0.25) is 0 Å². The van der Waals surface area contributed by atoms with E-state index >= 15 is 0 Å². The van der Waals surface area contributed by atoms with Crippen molar-refractivity contribution in [3.63, 3.8) is 0 Å². The zero-order valence-electron chi connectivity index (χ0n) is 9.26. The molecule has 2 saturated carbocycles. The van der Waals surface area contributed by atoms with Crippen LogP contribution < -0.4 is 0 Å². The van der Waals surface area contributed by atoms with E-state index in [1.807, 2.05) is 4.90 Å². The van der Waals surface area contributed by atoms with Gasteiger partial charge in [0, 0.05) is 12.5 Å². The molecule has 0 radical (unpaired) electrons. The first-order chi connectivity index (χ1) is 7.78. The number of ether oxygens (including phenoxy) is 1. The van der Waals surface area contributed by atoms with Crippen LogP contribution in [0.1, 0.15) is 19.3 Å². The molecule has 1 saturated heterocycles. The lowest BCUT2D eigenvalue weighted by molar-refractivity contribution is -0.141. The standard InChI is InChI=1S/C12H16N2O2/c13-6-11-7-14(1-2-16-11)12(15)10-4-8-3-9(8)5-10/h8-11H,1-5,7H2. The van der Waals surface area contributed by atoms with Gasteiger partial charge in [0.1, 0.15) is 0 Å². The topological polar surface area (TPSA) is 53.3 Å². The molecule has 0 aromatic rings. The number of carbonyl (C=O) groups excluding carboxylic acids is 1. The third-order valence-corrected chi connectivity index (χ3v) is 4.11. The summed E-state index contributed by atoms with van der Waals surface area (Å²) >= 11 is 0. The first kappa shape index (κ1) is 10.1. The van der Waals surface area contributed by atoms with Gasteiger partial charge in [-0.3, -0.25) is 4.79 Å². The van der Waals surface area contributed by atoms with Crippen molar-refractivity contribution in [2.45, 2.75) is 25.4 Å². The van der Waals surface area contributed by atoms with E-state index in [1.165, 1.54) is 6.42 Å². The lowest BCUT2D eigenvalue weighted by Gasteiger charge is -2.32. The third kappa shape index (κ3) is 1.69. The molecule has 1 amide bonds. The van der Waals surface area contributed by atoms with E-state index < -0.39 is 6.10 Å². The molecule has 3 rings (SSSR count). The van der Waals surface area contributed by atoms with E-state index in [0.29, 0.717) is 19.7 Å². The summed E-state index contributed by atoms with van der Waals surface area (Å²) in [5, 5.41) is 8.79. The van der Waals surface area contributed by atoms with Gasteiger partial charge < -0.3 is 9.64 Å². The molecule has 86 valence electrons. The van der Waals surface area contributed by atoms with Gasteiger partial charge >= 0.3 is 0 Å². The maximum Gasteiger partial charge on any atom is 0.225 e. The normalized spacial score (nSPS) is 41.3. The van der Waals surface area contributed by atoms with E-state index in [4.69, 9.17) is 10.00 Å². The first-order valence-electron chi connectivity index (χ1n) is 6.08. The number of fused-ring (bicyclic) bond motifs is 1. The summed E-state index contributed by atoms with van der Waals surface area (Å²) in [6, 6.07) is 2.08. The maximum atomic E-state index is 12.2. The van der Waals surface area contributed by atoms with Gasteiger partial charge in [0.15, 0.2) is 6.10 Å². The molecule has 1 heterocycles. The van der Waals surface area contributed by atoms with Crippen LogP contribution in [-0.2, 0) is 9.53 Å². The Labute approximate surface area is 95.2 Å². The summed E-state index contributed by atoms with van der Waals surface area (Å²) in [7, 11) is 0. The molecule has 16 heavy (non-hydrogen) atoms. The number of morpholine rings is 1. The molecule has 3 aliphatic rings. The second-order valence-electron chi connectivity index (χ2n) is 5.20. The van der Waals surface area contributed by atoms with Crippen LogP contribution in [0.5, 0.6) is 0 Å². The Morgan fingerprint density at radius 3 is 2.75 bits per heavy atom. The smallest absolute Gasteiger partial charge is 0.225 e. The number of hydrogen-bond donors (Lipinski definition) is 0. The molecule has 4 heteroatoms. The second-order valence-corrected chi connectivity index (χ2v) is 5.20. The highest BCUT2D eigenvalue weighted by Gasteiger charge is 2.49. The van der Waals surface area contributed by atoms with Gasteiger partial charge in [-0.2, -0.15) is 5.26 Å². The van der Waals surface area contributed by atoms with Crippen LogP contribution in [0.25, 0.3) is 0 Å². The second kappa shape index (κ2) is 3.74. The summed E-state index contributed by atoms with van der Waals surface area (Å²) in [5.74, 6) is 2.17. The molecular weight excluding hydrogens is 204 g/mol. The molecule has 2 aliphatic carbocycles. The molecule has 3 fully saturated rings. The van der Waals surface area contributed by atoms with Crippen molar-refractivity contribution in [1.29, 1.82) is 5.26 Å². The van der Waals surface area contributed by atoms with Crippen molar-refractivity contribution >= 4 is 5.91 Å². The Bertz CT molecular complexity index is 339. The minimum atomic E-state index is -0.423. The van der Waals surface area contributed by atoms with Gasteiger partial charge in [-0.1, -0.05) is 0 Å². The van der Waals surface area contributed by atoms with Crippen LogP contribution in [0.15, 0.2) is 0 Å². The number of hydrogen-bond acceptors (Lipinski definition) is 3. The zero-order chi connectivity index (χ0) is 11.1. The van der Waals surface area contributed by atoms with E-state index in [0.717, 1.165) is 24.7 Å². The largest absolute Gasteiger partial charge is 0.360 e. The van der Waals surface area contributed by atoms with Crippen molar-refractivity contribution in [2.75, 3.05) is 19.7 Å². The van der Waals surface area contributed by atoms with E-state index in [1.54, 1.807) is 0 Å². The summed E-state index contributed by atoms with van der Waals surface area (Å²) < 4.78 is 5.25. The number of amides is 1. The summed E-state index contributed by atoms with van der Waals surface area (Å²) in [4.78, 5) is 14.0. The van der Waals surface area contributed by atoms with E-state index in [9.17, 15) is 4.79 Å². The molecule has 1 aliphatic heterocycles. The third-order valence-electron chi connectivity index (χ3n) is 4.11. The average Bonchev–Trinajstić information content (AvgIpc) is 2.95. The van der Waals surface area contributed by atoms with Crippen LogP contribution in [0.3, 0.4) is 0 Å². The molecule has 0 bridgehead atoms. The van der Waals surface area contributed by atoms with Gasteiger partial charge in [0.05, 0.1) is 19.2 Å². The molecule has 0 aromatic carbocycles. The van der Waals surface area contributed by atoms with Gasteiger partial charge in [0.25, 0.3) is 0 Å². The van der Waals surface area contributed by atoms with E-state index in [-0.39, 0.29) is 11.8 Å². The molecule has 0 N–H and O–H groups in total. The average molecular weight is 220 g/mol. The highest BCUT2D eigenvalue weighted by molar-refractivity contribution is 5.79. The Hall–Kier alpha value is -1.08. The number of carbonyl (C=O) groups is 1. The monoisotopic (exact) mass is 220 g/mol. The van der Waals surface area contributed by atoms with Crippen LogP contribution >= 0.6 is 0 Å². The van der Waals surface area contributed by atoms with Crippen molar-refractivity contribution in [2.24, 2.45) is 17.8 Å². The Morgan fingerprint density at radius 1 is 1.31 bits per heavy atom. The fourth-order valence-electron chi connectivity index (χ4n) is 3.10. The Balaban J connectivity index is 1.59. The van der Waals surface area contributed by atoms with Crippen molar-refractivity contribution in [3.8, 4) is 6.07 Å². The SMILES string of the molecule is N#CC1CN(C(=O)C2CC3CC3C2)CCO1. The highest BCUT2D eigenvalue weighted by atomic mass is 16.5. The Kier molecular flexibility index (Phi) is 2.36. The summed E-state index contributed by atoms with van der Waals surface area (Å²) in [6.07, 6.45) is 3.08. The molecular formula is C12H16N2O2. The molecule has 3 unspecified atom stereocenters. The summed E-state index contributed by atoms with van der Waals surface area (Å²) in [5.41, 5.74) is 0. The molecule has 0 spiro atoms. The lowest BCUT2D eigenvalue weighted by Crippen LogP contribution is -2.47. The van der Waals surface area contributed by atoms with Crippen LogP contribution in [0, 0.1) is 29.1 Å². The predicted octanol–water partition coefficient (Wildman–Crippen LogP) is 0.783. The van der Waals surface area contributed by atoms with Crippen molar-refractivity contribution in [3.05, 3.63) is 0 Å². The zero-order valence-corrected chi connectivity index (χ0v) is 9.26. The fraction of sp³-hybridized carbons (Fsp3) is 0.833. The molecule has 4 nitrogen and oxygen atoms in total. The first-order valence-corrected chi connectivity index (χ1v) is 6.08. The van der Waals surface area contributed by atoms with Gasteiger partial charge in [0.2, 0.25) is 5.91 Å². The minimum Gasteiger partial charge on any atom is -0.360 e. The van der Waals surface area contributed by atoms with Crippen LogP contribution in [-0.4, -0.2) is 36.6 Å². The predicted molar refractivity (Wildman–Crippen MR) is 56.3 cm³/mol. The quantitative estimate of drug-likeness (QED) is 0.656. The minimum absolute atomic E-state index is 0.237. The van der Waals surface area contributed by atoms with E-state index in [2.05, 4.69) is 6.07 Å². The van der Waals surface area contributed by atoms with Gasteiger partial charge in [-0.15, -0.1) is 0 Å². The van der Waals surface area contributed by atoms with Crippen molar-refractivity contribution < 1.29 is 9.53 Å². The summed E-state index contributed by atoms with van der Waals surface area (Å²) in [6.45, 7) is 1.62. The Morgan fingerprint density at radius 2 is 2.06 bits per heavy atom. The number of rotatable bonds is 1. The number of nitrogens with zero attached hydrogens (tertiary/aromatic N) is 2. The van der Waals surface area contributed by atoms with Crippen molar-refractivity contribution in [1.82, 2.24) is 4.90 Å². The highest BCUT2D eigenvalue weighted by Crippen LogP contribution is 2.54. The maximum absolute atomic E-state index is 12.2. The number of nitriles is 1. The molecule has 0 aromatic heterocycles.